The Labute approximate surface area is 133 Å². The lowest BCUT2D eigenvalue weighted by Crippen LogP contribution is -2.51. The van der Waals surface area contributed by atoms with Gasteiger partial charge in [-0.1, -0.05) is 0 Å². The van der Waals surface area contributed by atoms with Gasteiger partial charge in [-0.15, -0.1) is 0 Å². The Balaban J connectivity index is 3.80. The third-order valence-corrected chi connectivity index (χ3v) is 6.27. The fourth-order valence-corrected chi connectivity index (χ4v) is 3.72. The van der Waals surface area contributed by atoms with Crippen molar-refractivity contribution in [2.45, 2.75) is 12.5 Å². The highest BCUT2D eigenvalue weighted by Crippen LogP contribution is 2.14. The summed E-state index contributed by atoms with van der Waals surface area (Å²) in [6.07, 6.45) is 0.758. The molecule has 0 fully saturated rings. The number of rotatable bonds is 15. The Morgan fingerprint density at radius 2 is 1.50 bits per heavy atom. The highest BCUT2D eigenvalue weighted by Gasteiger charge is 2.36. The fraction of sp³-hybridized carbons (Fsp3) is 1.00. The van der Waals surface area contributed by atoms with Crippen LogP contribution in [0.15, 0.2) is 0 Å². The van der Waals surface area contributed by atoms with Crippen molar-refractivity contribution in [1.29, 1.82) is 0 Å². The quantitative estimate of drug-likeness (QED) is 0.129. The third-order valence-electron chi connectivity index (χ3n) is 3.44. The largest absolute Gasteiger partial charge is 0.500 e. The molecular weight excluding hydrogens is 312 g/mol. The average Bonchev–Trinajstić information content (AvgIpc) is 2.51. The van der Waals surface area contributed by atoms with Crippen LogP contribution in [0.5, 0.6) is 0 Å². The van der Waals surface area contributed by atoms with Crippen LogP contribution in [-0.2, 0) is 18.1 Å². The van der Waals surface area contributed by atoms with Gasteiger partial charge in [0.1, 0.15) is 26.2 Å². The van der Waals surface area contributed by atoms with Gasteiger partial charge < -0.3 is 23.5 Å². The topological polar surface area (TPSA) is 110 Å². The van der Waals surface area contributed by atoms with Gasteiger partial charge >= 0.3 is 8.80 Å². The van der Waals surface area contributed by atoms with Gasteiger partial charge in [-0.3, -0.25) is 4.84 Å². The molecule has 0 radical (unpaired) electrons. The lowest BCUT2D eigenvalue weighted by molar-refractivity contribution is -1.10. The van der Waals surface area contributed by atoms with Crippen LogP contribution in [0.4, 0.5) is 0 Å². The van der Waals surface area contributed by atoms with E-state index in [1.807, 2.05) is 0 Å². The molecule has 0 aromatic heterocycles. The smallest absolute Gasteiger partial charge is 0.390 e. The first kappa shape index (κ1) is 21.9. The summed E-state index contributed by atoms with van der Waals surface area (Å²) in [5.41, 5.74) is 2.80. The molecule has 10 heteroatoms. The summed E-state index contributed by atoms with van der Waals surface area (Å²) < 4.78 is 15.5. The second-order valence-corrected chi connectivity index (χ2v) is 7.95. The molecule has 0 aliphatic heterocycles. The second kappa shape index (κ2) is 12.3. The molecule has 0 aliphatic carbocycles. The van der Waals surface area contributed by atoms with Crippen LogP contribution in [0.3, 0.4) is 0 Å². The molecule has 0 heterocycles. The van der Waals surface area contributed by atoms with Crippen LogP contribution in [0.1, 0.15) is 6.42 Å². The van der Waals surface area contributed by atoms with Crippen LogP contribution in [0.2, 0.25) is 6.04 Å². The highest BCUT2D eigenvalue weighted by molar-refractivity contribution is 6.60. The van der Waals surface area contributed by atoms with Crippen LogP contribution in [-0.4, -0.2) is 96.2 Å². The lowest BCUT2D eigenvalue weighted by Gasteiger charge is -2.28. The van der Waals surface area contributed by atoms with Crippen molar-refractivity contribution in [3.05, 3.63) is 0 Å². The van der Waals surface area contributed by atoms with E-state index in [9.17, 15) is 5.21 Å². The maximum atomic E-state index is 10.1. The molecule has 0 rings (SSSR count). The van der Waals surface area contributed by atoms with Gasteiger partial charge in [0.05, 0.1) is 13.2 Å². The van der Waals surface area contributed by atoms with Gasteiger partial charge in [0, 0.05) is 33.9 Å². The highest BCUT2D eigenvalue weighted by atomic mass is 28.4. The predicted octanol–water partition coefficient (Wildman–Crippen LogP) is -1.03. The van der Waals surface area contributed by atoms with Crippen molar-refractivity contribution < 1.29 is 38.2 Å². The number of hydrogen-bond acceptors (Lipinski definition) is 8. The van der Waals surface area contributed by atoms with Gasteiger partial charge in [0.15, 0.2) is 0 Å². The van der Waals surface area contributed by atoms with E-state index in [1.54, 1.807) is 21.3 Å². The van der Waals surface area contributed by atoms with E-state index in [4.69, 9.17) is 28.3 Å². The van der Waals surface area contributed by atoms with E-state index in [-0.39, 0.29) is 39.5 Å². The summed E-state index contributed by atoms with van der Waals surface area (Å²) in [5.74, 6) is 0. The fourth-order valence-electron chi connectivity index (χ4n) is 2.00. The third kappa shape index (κ3) is 8.48. The van der Waals surface area contributed by atoms with Crippen LogP contribution < -0.4 is 5.48 Å². The Hall–Kier alpha value is -0.143. The number of aliphatic hydroxyl groups is 2. The first-order chi connectivity index (χ1) is 10.5. The van der Waals surface area contributed by atoms with Gasteiger partial charge in [-0.2, -0.15) is 4.65 Å². The number of quaternary nitrogens is 1. The molecule has 0 aromatic carbocycles. The number of hydroxylamine groups is 4. The van der Waals surface area contributed by atoms with Crippen LogP contribution in [0.25, 0.3) is 0 Å². The van der Waals surface area contributed by atoms with Gasteiger partial charge in [0.2, 0.25) is 0 Å². The molecule has 9 nitrogen and oxygen atoms in total. The molecule has 0 bridgehead atoms. The zero-order valence-electron chi connectivity index (χ0n) is 13.8. The van der Waals surface area contributed by atoms with Gasteiger partial charge in [-0.25, -0.2) is 10.7 Å². The normalized spacial score (nSPS) is 12.8. The minimum absolute atomic E-state index is 0.151. The summed E-state index contributed by atoms with van der Waals surface area (Å²) in [5, 5.41) is 27.9. The molecule has 0 spiro atoms. The van der Waals surface area contributed by atoms with Crippen molar-refractivity contribution >= 4 is 8.80 Å². The van der Waals surface area contributed by atoms with Crippen molar-refractivity contribution in [3.8, 4) is 0 Å². The van der Waals surface area contributed by atoms with E-state index in [1.165, 1.54) is 0 Å². The SMILES string of the molecule is CO[Si](CCCNOCC[N+](O)(CCO)CCO)(OC)OC. The summed E-state index contributed by atoms with van der Waals surface area (Å²) in [4.78, 5) is 5.24. The molecule has 0 atom stereocenters. The van der Waals surface area contributed by atoms with Crippen LogP contribution >= 0.6 is 0 Å². The van der Waals surface area contributed by atoms with Crippen molar-refractivity contribution in [2.75, 3.05) is 67.3 Å². The zero-order valence-corrected chi connectivity index (χ0v) is 14.8. The zero-order chi connectivity index (χ0) is 16.9. The first-order valence-corrected chi connectivity index (χ1v) is 9.25. The van der Waals surface area contributed by atoms with E-state index in [2.05, 4.69) is 5.48 Å². The standard InChI is InChI=1S/C12H31N2O7Si/c1-18-22(19-2,20-3)12-4-5-13-21-11-8-14(17,6-9-15)7-10-16/h13,15-17H,4-12H2,1-3H3/q+1. The van der Waals surface area contributed by atoms with Crippen molar-refractivity contribution in [1.82, 2.24) is 5.48 Å². The molecular formula is C12H31N2O7Si+. The Morgan fingerprint density at radius 1 is 0.955 bits per heavy atom. The van der Waals surface area contributed by atoms with Crippen molar-refractivity contribution in [3.63, 3.8) is 0 Å². The van der Waals surface area contributed by atoms with E-state index >= 15 is 0 Å². The van der Waals surface area contributed by atoms with Crippen molar-refractivity contribution in [2.24, 2.45) is 0 Å². The summed E-state index contributed by atoms with van der Waals surface area (Å²) >= 11 is 0. The minimum Gasteiger partial charge on any atom is -0.390 e. The Bertz CT molecular complexity index is 256. The predicted molar refractivity (Wildman–Crippen MR) is 81.0 cm³/mol. The summed E-state index contributed by atoms with van der Waals surface area (Å²) in [6, 6.07) is 0.669. The lowest BCUT2D eigenvalue weighted by atomic mass is 10.4. The Morgan fingerprint density at radius 3 is 1.95 bits per heavy atom. The number of nitrogens with one attached hydrogen (secondary N) is 1. The summed E-state index contributed by atoms with van der Waals surface area (Å²) in [6.45, 7) is 1.15. The molecule has 4 N–H and O–H groups in total. The molecule has 0 aromatic rings. The number of aliphatic hydroxyl groups excluding tert-OH is 2. The van der Waals surface area contributed by atoms with Gasteiger partial charge in [-0.05, 0) is 6.42 Å². The van der Waals surface area contributed by atoms with Crippen LogP contribution in [0, 0.1) is 0 Å². The number of nitrogens with zero attached hydrogens (tertiary/aromatic N) is 1. The molecule has 0 unspecified atom stereocenters. The van der Waals surface area contributed by atoms with E-state index in [0.717, 1.165) is 6.42 Å². The van der Waals surface area contributed by atoms with Gasteiger partial charge in [0.25, 0.3) is 0 Å². The minimum atomic E-state index is -2.53. The van der Waals surface area contributed by atoms with E-state index < -0.39 is 13.5 Å². The molecule has 134 valence electrons. The molecule has 22 heavy (non-hydrogen) atoms. The Kier molecular flexibility index (Phi) is 12.2. The molecule has 0 aliphatic rings. The molecule has 0 amide bonds. The maximum absolute atomic E-state index is 10.1. The first-order valence-electron chi connectivity index (χ1n) is 7.32. The molecule has 0 saturated carbocycles. The monoisotopic (exact) mass is 343 g/mol. The average molecular weight is 343 g/mol. The van der Waals surface area contributed by atoms with E-state index in [0.29, 0.717) is 12.6 Å². The number of hydrogen-bond donors (Lipinski definition) is 4. The maximum Gasteiger partial charge on any atom is 0.500 e. The molecule has 0 saturated heterocycles. The second-order valence-electron chi connectivity index (χ2n) is 4.85. The summed E-state index contributed by atoms with van der Waals surface area (Å²) in [7, 11) is 2.19.